The summed E-state index contributed by atoms with van der Waals surface area (Å²) in [5, 5.41) is 14.5. The molecule has 0 unspecified atom stereocenters. The normalized spacial score (nSPS) is 15.5. The molecule has 0 saturated heterocycles. The van der Waals surface area contributed by atoms with Gasteiger partial charge < -0.3 is 5.32 Å². The molecule has 122 valence electrons. The lowest BCUT2D eigenvalue weighted by Gasteiger charge is -2.21. The van der Waals surface area contributed by atoms with Gasteiger partial charge in [-0.25, -0.2) is 0 Å². The Kier molecular flexibility index (Phi) is 5.00. The Balaban J connectivity index is 1.57. The quantitative estimate of drug-likeness (QED) is 0.919. The van der Waals surface area contributed by atoms with Gasteiger partial charge in [-0.3, -0.25) is 4.79 Å². The average Bonchev–Trinajstić information content (AvgIpc) is 3.00. The van der Waals surface area contributed by atoms with Crippen LogP contribution in [0.15, 0.2) is 24.3 Å². The van der Waals surface area contributed by atoms with Gasteiger partial charge in [-0.15, -0.1) is 5.10 Å². The number of aryl methyl sites for hydroxylation is 1. The Morgan fingerprint density at radius 1 is 1.30 bits per heavy atom. The number of nitrogens with zero attached hydrogens (tertiary/aromatic N) is 4. The maximum atomic E-state index is 12.2. The smallest absolute Gasteiger partial charge is 0.224 e. The van der Waals surface area contributed by atoms with Crippen LogP contribution in [0.3, 0.4) is 0 Å². The molecular weight excluding hydrogens is 290 g/mol. The van der Waals surface area contributed by atoms with E-state index in [4.69, 9.17) is 0 Å². The molecule has 1 aliphatic rings. The minimum atomic E-state index is 0.0844. The number of hydrogen-bond acceptors (Lipinski definition) is 4. The second-order valence-electron chi connectivity index (χ2n) is 6.28. The predicted octanol–water partition coefficient (Wildman–Crippen LogP) is 3.27. The van der Waals surface area contributed by atoms with Crippen LogP contribution in [0.4, 0.5) is 5.69 Å². The number of anilines is 1. The van der Waals surface area contributed by atoms with Crippen molar-refractivity contribution < 1.29 is 4.79 Å². The third kappa shape index (κ3) is 4.15. The van der Waals surface area contributed by atoms with Gasteiger partial charge in [0.15, 0.2) is 5.82 Å². The molecule has 2 aromatic rings. The van der Waals surface area contributed by atoms with E-state index in [1.54, 1.807) is 4.68 Å². The summed E-state index contributed by atoms with van der Waals surface area (Å²) >= 11 is 0. The van der Waals surface area contributed by atoms with Gasteiger partial charge in [0, 0.05) is 12.1 Å². The first-order valence-electron chi connectivity index (χ1n) is 8.37. The van der Waals surface area contributed by atoms with Gasteiger partial charge in [-0.1, -0.05) is 38.2 Å². The van der Waals surface area contributed by atoms with E-state index in [1.165, 1.54) is 32.1 Å². The van der Waals surface area contributed by atoms with Crippen molar-refractivity contribution in [2.75, 3.05) is 5.32 Å². The molecule has 0 spiro atoms. The van der Waals surface area contributed by atoms with Crippen LogP contribution in [0.1, 0.15) is 50.8 Å². The molecule has 0 radical (unpaired) electrons. The molecule has 1 amide bonds. The Morgan fingerprint density at radius 3 is 2.87 bits per heavy atom. The van der Waals surface area contributed by atoms with Crippen LogP contribution in [0.5, 0.6) is 0 Å². The van der Waals surface area contributed by atoms with Crippen molar-refractivity contribution >= 4 is 11.6 Å². The number of aromatic nitrogens is 4. The largest absolute Gasteiger partial charge is 0.326 e. The fraction of sp³-hybridized carbons (Fsp3) is 0.529. The van der Waals surface area contributed by atoms with Crippen molar-refractivity contribution in [3.8, 4) is 5.69 Å². The summed E-state index contributed by atoms with van der Waals surface area (Å²) in [6, 6.07) is 7.60. The van der Waals surface area contributed by atoms with Crippen molar-refractivity contribution in [1.29, 1.82) is 0 Å². The molecule has 1 aromatic heterocycles. The van der Waals surface area contributed by atoms with Gasteiger partial charge in [0.05, 0.1) is 5.69 Å². The van der Waals surface area contributed by atoms with Crippen LogP contribution in [0.2, 0.25) is 0 Å². The third-order valence-electron chi connectivity index (χ3n) is 4.50. The summed E-state index contributed by atoms with van der Waals surface area (Å²) in [5.74, 6) is 1.52. The van der Waals surface area contributed by atoms with E-state index in [0.29, 0.717) is 12.2 Å². The summed E-state index contributed by atoms with van der Waals surface area (Å²) in [5.41, 5.74) is 1.63. The summed E-state index contributed by atoms with van der Waals surface area (Å²) in [4.78, 5) is 12.2. The SMILES string of the molecule is Cc1nnnn1-c1cccc(NC(=O)CCC2CCCCC2)c1. The average molecular weight is 313 g/mol. The van der Waals surface area contributed by atoms with Gasteiger partial charge in [0.1, 0.15) is 0 Å². The molecule has 1 saturated carbocycles. The minimum Gasteiger partial charge on any atom is -0.326 e. The monoisotopic (exact) mass is 313 g/mol. The van der Waals surface area contributed by atoms with Crippen molar-refractivity contribution in [3.63, 3.8) is 0 Å². The van der Waals surface area contributed by atoms with Gasteiger partial charge >= 0.3 is 0 Å². The fourth-order valence-electron chi connectivity index (χ4n) is 3.22. The highest BCUT2D eigenvalue weighted by Crippen LogP contribution is 2.27. The fourth-order valence-corrected chi connectivity index (χ4v) is 3.22. The Bertz CT molecular complexity index is 661. The maximum Gasteiger partial charge on any atom is 0.224 e. The highest BCUT2D eigenvalue weighted by Gasteiger charge is 2.15. The van der Waals surface area contributed by atoms with E-state index >= 15 is 0 Å². The summed E-state index contributed by atoms with van der Waals surface area (Å²) in [6.07, 6.45) is 8.14. The zero-order valence-corrected chi connectivity index (χ0v) is 13.5. The maximum absolute atomic E-state index is 12.2. The number of nitrogens with one attached hydrogen (secondary N) is 1. The number of hydrogen-bond donors (Lipinski definition) is 1. The molecule has 6 nitrogen and oxygen atoms in total. The van der Waals surface area contributed by atoms with Gasteiger partial charge in [-0.05, 0) is 47.9 Å². The van der Waals surface area contributed by atoms with E-state index in [0.717, 1.165) is 23.7 Å². The number of amides is 1. The van der Waals surface area contributed by atoms with Crippen LogP contribution >= 0.6 is 0 Å². The summed E-state index contributed by atoms with van der Waals surface area (Å²) in [6.45, 7) is 1.84. The van der Waals surface area contributed by atoms with E-state index in [1.807, 2.05) is 31.2 Å². The van der Waals surface area contributed by atoms with E-state index < -0.39 is 0 Å². The molecular formula is C17H23N5O. The van der Waals surface area contributed by atoms with Crippen LogP contribution in [-0.4, -0.2) is 26.1 Å². The lowest BCUT2D eigenvalue weighted by Crippen LogP contribution is -2.15. The molecule has 1 N–H and O–H groups in total. The molecule has 0 aliphatic heterocycles. The minimum absolute atomic E-state index is 0.0844. The van der Waals surface area contributed by atoms with Crippen molar-refractivity contribution in [2.24, 2.45) is 5.92 Å². The number of benzene rings is 1. The first-order chi connectivity index (χ1) is 11.2. The Morgan fingerprint density at radius 2 is 2.13 bits per heavy atom. The highest BCUT2D eigenvalue weighted by molar-refractivity contribution is 5.90. The first kappa shape index (κ1) is 15.6. The molecule has 23 heavy (non-hydrogen) atoms. The zero-order valence-electron chi connectivity index (χ0n) is 13.5. The second-order valence-corrected chi connectivity index (χ2v) is 6.28. The van der Waals surface area contributed by atoms with Crippen LogP contribution in [0.25, 0.3) is 5.69 Å². The van der Waals surface area contributed by atoms with E-state index in [9.17, 15) is 4.79 Å². The second kappa shape index (κ2) is 7.35. The third-order valence-corrected chi connectivity index (χ3v) is 4.50. The van der Waals surface area contributed by atoms with Gasteiger partial charge in [0.2, 0.25) is 5.91 Å². The Hall–Kier alpha value is -2.24. The standard InChI is InChI=1S/C17H23N5O/c1-13-19-20-21-22(13)16-9-5-8-15(12-16)18-17(23)11-10-14-6-3-2-4-7-14/h5,8-9,12,14H,2-4,6-7,10-11H2,1H3,(H,18,23). The van der Waals surface area contributed by atoms with Crippen molar-refractivity contribution in [1.82, 2.24) is 20.2 Å². The topological polar surface area (TPSA) is 72.7 Å². The van der Waals surface area contributed by atoms with E-state index in [-0.39, 0.29) is 5.91 Å². The van der Waals surface area contributed by atoms with Gasteiger partial charge in [-0.2, -0.15) is 4.68 Å². The molecule has 0 atom stereocenters. The number of tetrazole rings is 1. The molecule has 1 fully saturated rings. The summed E-state index contributed by atoms with van der Waals surface area (Å²) < 4.78 is 1.65. The number of rotatable bonds is 5. The predicted molar refractivity (Wildman–Crippen MR) is 88.3 cm³/mol. The zero-order chi connectivity index (χ0) is 16.1. The summed E-state index contributed by atoms with van der Waals surface area (Å²) in [7, 11) is 0. The molecule has 6 heteroatoms. The lowest BCUT2D eigenvalue weighted by atomic mass is 9.86. The number of carbonyl (C=O) groups is 1. The molecule has 1 heterocycles. The molecule has 1 aliphatic carbocycles. The molecule has 0 bridgehead atoms. The number of carbonyl (C=O) groups excluding carboxylic acids is 1. The highest BCUT2D eigenvalue weighted by atomic mass is 16.1. The van der Waals surface area contributed by atoms with Gasteiger partial charge in [0.25, 0.3) is 0 Å². The van der Waals surface area contributed by atoms with Crippen LogP contribution in [-0.2, 0) is 4.79 Å². The van der Waals surface area contributed by atoms with Crippen LogP contribution < -0.4 is 5.32 Å². The van der Waals surface area contributed by atoms with Crippen molar-refractivity contribution in [3.05, 3.63) is 30.1 Å². The molecule has 1 aromatic carbocycles. The first-order valence-corrected chi connectivity index (χ1v) is 8.37. The van der Waals surface area contributed by atoms with E-state index in [2.05, 4.69) is 20.8 Å². The van der Waals surface area contributed by atoms with Crippen molar-refractivity contribution in [2.45, 2.75) is 51.9 Å². The Labute approximate surface area is 136 Å². The lowest BCUT2D eigenvalue weighted by molar-refractivity contribution is -0.116. The van der Waals surface area contributed by atoms with Crippen LogP contribution in [0, 0.1) is 12.8 Å². The molecule has 3 rings (SSSR count).